The Morgan fingerprint density at radius 2 is 2.17 bits per heavy atom. The third-order valence-electron chi connectivity index (χ3n) is 1.21. The summed E-state index contributed by atoms with van der Waals surface area (Å²) in [5, 5.41) is -0.321. The van der Waals surface area contributed by atoms with Gasteiger partial charge in [-0.25, -0.2) is 8.78 Å². The predicted molar refractivity (Wildman–Crippen MR) is 44.7 cm³/mol. The number of hydrogen-bond acceptors (Lipinski definition) is 1. The van der Waals surface area contributed by atoms with Crippen LogP contribution in [-0.2, 0) is 0 Å². The van der Waals surface area contributed by atoms with Crippen LogP contribution in [0.2, 0.25) is 5.15 Å². The van der Waals surface area contributed by atoms with E-state index in [-0.39, 0.29) is 15.2 Å². The zero-order chi connectivity index (χ0) is 9.30. The van der Waals surface area contributed by atoms with Crippen molar-refractivity contribution in [3.05, 3.63) is 31.6 Å². The molecule has 0 bridgehead atoms. The number of aromatic nitrogens is 1. The highest BCUT2D eigenvalue weighted by Crippen LogP contribution is 2.25. The van der Waals surface area contributed by atoms with Crippen molar-refractivity contribution in [3.8, 4) is 0 Å². The van der Waals surface area contributed by atoms with Gasteiger partial charge in [0.2, 0.25) is 0 Å². The first-order valence-electron chi connectivity index (χ1n) is 2.88. The van der Waals surface area contributed by atoms with Gasteiger partial charge in [-0.2, -0.15) is 0 Å². The van der Waals surface area contributed by atoms with Crippen LogP contribution in [0.25, 0.3) is 0 Å². The fourth-order valence-electron chi connectivity index (χ4n) is 0.656. The van der Waals surface area contributed by atoms with Crippen molar-refractivity contribution >= 4 is 27.5 Å². The molecule has 0 saturated heterocycles. The Hall–Kier alpha value is -0.420. The van der Waals surface area contributed by atoms with Crippen LogP contribution < -0.4 is 5.56 Å². The van der Waals surface area contributed by atoms with Crippen LogP contribution in [0, 0.1) is 0 Å². The van der Waals surface area contributed by atoms with E-state index < -0.39 is 12.0 Å². The summed E-state index contributed by atoms with van der Waals surface area (Å²) in [6.07, 6.45) is -2.69. The summed E-state index contributed by atoms with van der Waals surface area (Å²) >= 11 is 8.15. The van der Waals surface area contributed by atoms with E-state index in [0.29, 0.717) is 0 Å². The molecular weight excluding hydrogens is 255 g/mol. The largest absolute Gasteiger partial charge is 0.312 e. The molecule has 0 aliphatic rings. The summed E-state index contributed by atoms with van der Waals surface area (Å²) in [5.74, 6) is 0. The molecule has 0 saturated carbocycles. The monoisotopic (exact) mass is 257 g/mol. The lowest BCUT2D eigenvalue weighted by molar-refractivity contribution is 0.151. The van der Waals surface area contributed by atoms with Crippen molar-refractivity contribution in [3.63, 3.8) is 0 Å². The van der Waals surface area contributed by atoms with Gasteiger partial charge in [0.05, 0.1) is 10.0 Å². The molecule has 0 aliphatic heterocycles. The molecule has 1 aromatic heterocycles. The van der Waals surface area contributed by atoms with E-state index in [4.69, 9.17) is 11.6 Å². The van der Waals surface area contributed by atoms with Gasteiger partial charge in [-0.3, -0.25) is 4.79 Å². The summed E-state index contributed by atoms with van der Waals surface area (Å²) in [4.78, 5) is 12.9. The third-order valence-corrected chi connectivity index (χ3v) is 2.11. The van der Waals surface area contributed by atoms with Crippen LogP contribution in [0.1, 0.15) is 12.0 Å². The maximum atomic E-state index is 12.1. The molecule has 1 heterocycles. The molecule has 2 nitrogen and oxygen atoms in total. The second kappa shape index (κ2) is 3.53. The van der Waals surface area contributed by atoms with E-state index in [9.17, 15) is 13.6 Å². The highest BCUT2D eigenvalue weighted by atomic mass is 79.9. The number of rotatable bonds is 1. The van der Waals surface area contributed by atoms with E-state index in [0.717, 1.165) is 6.07 Å². The van der Waals surface area contributed by atoms with Gasteiger partial charge >= 0.3 is 0 Å². The topological polar surface area (TPSA) is 32.9 Å². The number of nitrogens with one attached hydrogen (secondary N) is 1. The van der Waals surface area contributed by atoms with E-state index >= 15 is 0 Å². The number of alkyl halides is 2. The van der Waals surface area contributed by atoms with Gasteiger partial charge in [-0.15, -0.1) is 0 Å². The number of aromatic amines is 1. The van der Waals surface area contributed by atoms with Crippen molar-refractivity contribution in [2.24, 2.45) is 0 Å². The Morgan fingerprint density at radius 3 is 2.67 bits per heavy atom. The number of hydrogen-bond donors (Lipinski definition) is 1. The lowest BCUT2D eigenvalue weighted by atomic mass is 10.3. The fraction of sp³-hybridized carbons (Fsp3) is 0.167. The molecule has 0 amide bonds. The summed E-state index contributed by atoms with van der Waals surface area (Å²) in [6, 6.07) is 1.01. The van der Waals surface area contributed by atoms with Crippen molar-refractivity contribution in [2.75, 3.05) is 0 Å². The molecule has 0 atom stereocenters. The van der Waals surface area contributed by atoms with Crippen LogP contribution in [0.4, 0.5) is 8.78 Å². The SMILES string of the molecule is O=c1[nH]c(Cl)c(C(F)F)cc1Br. The summed E-state index contributed by atoms with van der Waals surface area (Å²) in [5.41, 5.74) is -0.910. The molecule has 1 rings (SSSR count). The van der Waals surface area contributed by atoms with Gasteiger partial charge in [-0.05, 0) is 22.0 Å². The van der Waals surface area contributed by atoms with E-state index in [2.05, 4.69) is 20.9 Å². The smallest absolute Gasteiger partial charge is 0.266 e. The molecule has 0 radical (unpaired) electrons. The van der Waals surface area contributed by atoms with Crippen molar-refractivity contribution in [1.29, 1.82) is 0 Å². The second-order valence-electron chi connectivity index (χ2n) is 2.02. The Labute approximate surface area is 79.7 Å². The summed E-state index contributed by atoms with van der Waals surface area (Å²) in [7, 11) is 0. The molecule has 1 N–H and O–H groups in total. The maximum Gasteiger partial charge on any atom is 0.266 e. The third kappa shape index (κ3) is 1.84. The van der Waals surface area contributed by atoms with Crippen molar-refractivity contribution < 1.29 is 8.78 Å². The maximum absolute atomic E-state index is 12.1. The highest BCUT2D eigenvalue weighted by molar-refractivity contribution is 9.10. The van der Waals surface area contributed by atoms with Crippen LogP contribution in [0.5, 0.6) is 0 Å². The van der Waals surface area contributed by atoms with Gasteiger partial charge < -0.3 is 4.98 Å². The number of H-pyrrole nitrogens is 1. The first-order valence-corrected chi connectivity index (χ1v) is 4.06. The van der Waals surface area contributed by atoms with Crippen LogP contribution in [-0.4, -0.2) is 4.98 Å². The highest BCUT2D eigenvalue weighted by Gasteiger charge is 2.13. The Bertz CT molecular complexity index is 352. The Kier molecular flexibility index (Phi) is 2.85. The van der Waals surface area contributed by atoms with Crippen molar-refractivity contribution in [1.82, 2.24) is 4.98 Å². The normalized spacial score (nSPS) is 10.8. The summed E-state index contributed by atoms with van der Waals surface area (Å²) < 4.78 is 24.3. The Balaban J connectivity index is 3.33. The van der Waals surface area contributed by atoms with E-state index in [1.165, 1.54) is 0 Å². The molecular formula is C6H3BrClF2NO. The fourth-order valence-corrected chi connectivity index (χ4v) is 1.22. The molecule has 0 unspecified atom stereocenters. The summed E-state index contributed by atoms with van der Waals surface area (Å²) in [6.45, 7) is 0. The molecule has 0 aromatic carbocycles. The molecule has 6 heteroatoms. The minimum absolute atomic E-state index is 0.0437. The van der Waals surface area contributed by atoms with E-state index in [1.54, 1.807) is 0 Å². The lowest BCUT2D eigenvalue weighted by Crippen LogP contribution is -2.08. The number of pyridine rings is 1. The van der Waals surface area contributed by atoms with Gasteiger partial charge in [0, 0.05) is 0 Å². The van der Waals surface area contributed by atoms with Gasteiger partial charge in [0.15, 0.2) is 0 Å². The molecule has 12 heavy (non-hydrogen) atoms. The van der Waals surface area contributed by atoms with Gasteiger partial charge in [0.25, 0.3) is 12.0 Å². The zero-order valence-electron chi connectivity index (χ0n) is 5.57. The van der Waals surface area contributed by atoms with Gasteiger partial charge in [0.1, 0.15) is 5.15 Å². The Morgan fingerprint density at radius 1 is 1.58 bits per heavy atom. The average Bonchev–Trinajstić information content (AvgIpc) is 1.96. The predicted octanol–water partition coefficient (Wildman–Crippen LogP) is 2.73. The van der Waals surface area contributed by atoms with Gasteiger partial charge in [-0.1, -0.05) is 11.6 Å². The van der Waals surface area contributed by atoms with Crippen molar-refractivity contribution in [2.45, 2.75) is 6.43 Å². The first-order chi connectivity index (χ1) is 5.52. The molecule has 0 aliphatic carbocycles. The molecule has 1 aromatic rings. The molecule has 0 fully saturated rings. The standard InChI is InChI=1S/C6H3BrClF2NO/c7-3-1-2(5(9)10)4(8)11-6(3)12/h1,5H,(H,11,12). The first kappa shape index (κ1) is 9.67. The number of halogens is 4. The van der Waals surface area contributed by atoms with E-state index in [1.807, 2.05) is 0 Å². The second-order valence-corrected chi connectivity index (χ2v) is 3.25. The molecule has 0 spiro atoms. The quantitative estimate of drug-likeness (QED) is 0.772. The zero-order valence-corrected chi connectivity index (χ0v) is 7.92. The minimum atomic E-state index is -2.69. The van der Waals surface area contributed by atoms with Crippen LogP contribution in [0.3, 0.4) is 0 Å². The lowest BCUT2D eigenvalue weighted by Gasteiger charge is -2.01. The van der Waals surface area contributed by atoms with Crippen LogP contribution in [0.15, 0.2) is 15.3 Å². The van der Waals surface area contributed by atoms with Crippen LogP contribution >= 0.6 is 27.5 Å². The average molecular weight is 258 g/mol. The minimum Gasteiger partial charge on any atom is -0.312 e. The molecule has 66 valence electrons.